The summed E-state index contributed by atoms with van der Waals surface area (Å²) >= 11 is 1.58. The number of carboxylic acids is 1. The summed E-state index contributed by atoms with van der Waals surface area (Å²) in [4.78, 5) is 62.7. The molecular formula is C50H61N5O9S2. The van der Waals surface area contributed by atoms with Gasteiger partial charge in [-0.15, -0.1) is 11.3 Å². The van der Waals surface area contributed by atoms with Crippen molar-refractivity contribution in [3.8, 4) is 5.75 Å². The fraction of sp³-hybridized carbons (Fsp3) is 0.500. The number of anilines is 1. The minimum absolute atomic E-state index is 0.0219. The first-order valence-corrected chi connectivity index (χ1v) is 25.5. The summed E-state index contributed by atoms with van der Waals surface area (Å²) < 4.78 is 40.9. The molecule has 5 atom stereocenters. The number of rotatable bonds is 11. The van der Waals surface area contributed by atoms with Gasteiger partial charge in [-0.3, -0.25) is 19.1 Å². The van der Waals surface area contributed by atoms with Crippen LogP contribution in [0.25, 0.3) is 11.3 Å². The summed E-state index contributed by atoms with van der Waals surface area (Å²) in [6.45, 7) is 9.99. The highest BCUT2D eigenvalue weighted by Gasteiger charge is 2.63. The molecule has 0 radical (unpaired) electrons. The Morgan fingerprint density at radius 3 is 2.58 bits per heavy atom. The van der Waals surface area contributed by atoms with Crippen molar-refractivity contribution < 1.29 is 42.2 Å². The molecule has 5 aliphatic rings. The first kappa shape index (κ1) is 47.0. The van der Waals surface area contributed by atoms with Gasteiger partial charge in [-0.2, -0.15) is 0 Å². The zero-order valence-electron chi connectivity index (χ0n) is 38.6. The van der Waals surface area contributed by atoms with Crippen molar-refractivity contribution in [1.82, 2.24) is 19.9 Å². The summed E-state index contributed by atoms with van der Waals surface area (Å²) in [5, 5.41) is 19.0. The fourth-order valence-electron chi connectivity index (χ4n) is 9.37. The average Bonchev–Trinajstić information content (AvgIpc) is 4.05. The number of ether oxygens (including phenoxy) is 2. The minimum atomic E-state index is -4.02. The number of carbonyl (C=O) groups is 4. The van der Waals surface area contributed by atoms with Crippen LogP contribution < -0.4 is 20.1 Å². The van der Waals surface area contributed by atoms with Crippen LogP contribution in [0.5, 0.6) is 5.75 Å². The molecule has 5 unspecified atom stereocenters. The van der Waals surface area contributed by atoms with Crippen LogP contribution in [-0.2, 0) is 35.6 Å². The highest BCUT2D eigenvalue weighted by atomic mass is 32.2. The zero-order chi connectivity index (χ0) is 47.1. The number of hydrogen-bond donors (Lipinski definition) is 4. The Morgan fingerprint density at radius 1 is 1.08 bits per heavy atom. The number of aromatic carboxylic acids is 1. The first-order valence-electron chi connectivity index (χ1n) is 23.1. The van der Waals surface area contributed by atoms with Crippen molar-refractivity contribution in [3.63, 3.8) is 0 Å². The van der Waals surface area contributed by atoms with Crippen molar-refractivity contribution in [2.24, 2.45) is 5.92 Å². The molecular weight excluding hydrogens is 879 g/mol. The molecule has 2 aromatic carbocycles. The highest BCUT2D eigenvalue weighted by molar-refractivity contribution is 7.91. The van der Waals surface area contributed by atoms with Crippen molar-refractivity contribution in [2.45, 2.75) is 140 Å². The third-order valence-corrected chi connectivity index (χ3v) is 17.1. The Balaban J connectivity index is 1.18. The quantitative estimate of drug-likeness (QED) is 0.137. The van der Waals surface area contributed by atoms with E-state index < -0.39 is 62.2 Å². The fourth-order valence-corrected chi connectivity index (χ4v) is 11.8. The molecule has 8 rings (SSSR count). The van der Waals surface area contributed by atoms with Crippen LogP contribution in [0.2, 0.25) is 0 Å². The molecule has 0 spiro atoms. The van der Waals surface area contributed by atoms with Crippen molar-refractivity contribution in [2.75, 3.05) is 19.0 Å². The van der Waals surface area contributed by atoms with Gasteiger partial charge in [0.05, 0.1) is 29.7 Å². The number of fused-ring (bicyclic) bond motifs is 3. The van der Waals surface area contributed by atoms with E-state index in [9.17, 15) is 27.9 Å². The Hall–Kier alpha value is -5.48. The highest BCUT2D eigenvalue weighted by Crippen LogP contribution is 2.48. The molecule has 66 heavy (non-hydrogen) atoms. The molecule has 352 valence electrons. The van der Waals surface area contributed by atoms with Gasteiger partial charge in [0.1, 0.15) is 40.2 Å². The van der Waals surface area contributed by atoms with E-state index in [1.54, 1.807) is 37.5 Å². The van der Waals surface area contributed by atoms with Crippen LogP contribution in [0.3, 0.4) is 0 Å². The maximum absolute atomic E-state index is 15.1. The lowest BCUT2D eigenvalue weighted by molar-refractivity contribution is -0.140. The van der Waals surface area contributed by atoms with Crippen LogP contribution in [0.15, 0.2) is 65.6 Å². The van der Waals surface area contributed by atoms with Gasteiger partial charge in [0.2, 0.25) is 21.8 Å². The van der Waals surface area contributed by atoms with Gasteiger partial charge in [0, 0.05) is 34.5 Å². The molecule has 3 amide bonds. The van der Waals surface area contributed by atoms with E-state index in [4.69, 9.17) is 14.5 Å². The van der Waals surface area contributed by atoms with Gasteiger partial charge in [-0.05, 0) is 126 Å². The predicted octanol–water partition coefficient (Wildman–Crippen LogP) is 7.90. The van der Waals surface area contributed by atoms with E-state index in [0.717, 1.165) is 63.6 Å². The number of carbonyl (C=O) groups excluding carboxylic acids is 3. The number of methoxy groups -OCH3 is 1. The smallest absolute Gasteiger partial charge is 0.335 e. The Labute approximate surface area is 391 Å². The standard InChI is InChI=1S/C50H61N5O9S2/c1-29(2)40-28-65-45(52-40)38-25-43(37-19-20-42(63-6)31(4)36(37)18-17-30(38)3)64-35-24-41-44(56)53-50(48(60)54-66(61,62)49(5)21-22-49)26-33(50)14-10-8-7-9-11-16-39(46(57)55(41)27-35)51-34-15-12-13-32(23-34)47(58)59/h10,12-15,19-20,23,25,28-29,33,35,39,41,51H,7-9,11,16-18,21-22,24,26-27H2,1-6H3,(H,53,56)(H,54,60)(H,58,59). The average molecular weight is 940 g/mol. The minimum Gasteiger partial charge on any atom is -0.496 e. The van der Waals surface area contributed by atoms with E-state index in [0.29, 0.717) is 50.0 Å². The molecule has 4 N–H and O–H groups in total. The second kappa shape index (κ2) is 18.7. The lowest BCUT2D eigenvalue weighted by atomic mass is 9.89. The van der Waals surface area contributed by atoms with E-state index >= 15 is 4.79 Å². The molecule has 2 saturated carbocycles. The zero-order valence-corrected chi connectivity index (χ0v) is 40.2. The second-order valence-electron chi connectivity index (χ2n) is 19.1. The van der Waals surface area contributed by atoms with Crippen LogP contribution in [0, 0.1) is 12.8 Å². The molecule has 1 saturated heterocycles. The lowest BCUT2D eigenvalue weighted by Crippen LogP contribution is -2.58. The largest absolute Gasteiger partial charge is 0.496 e. The number of carboxylic acid groups (broad SMARTS) is 1. The normalized spacial score (nSPS) is 25.4. The monoisotopic (exact) mass is 939 g/mol. The van der Waals surface area contributed by atoms with Crippen molar-refractivity contribution in [1.29, 1.82) is 0 Å². The van der Waals surface area contributed by atoms with Crippen LogP contribution in [0.1, 0.15) is 136 Å². The van der Waals surface area contributed by atoms with Gasteiger partial charge >= 0.3 is 5.97 Å². The molecule has 2 aliphatic heterocycles. The number of thiazole rings is 1. The van der Waals surface area contributed by atoms with E-state index in [1.807, 2.05) is 37.3 Å². The molecule has 16 heteroatoms. The summed E-state index contributed by atoms with van der Waals surface area (Å²) in [5.41, 5.74) is 4.97. The van der Waals surface area contributed by atoms with Gasteiger partial charge < -0.3 is 30.1 Å². The maximum Gasteiger partial charge on any atom is 0.335 e. The number of hydrogen-bond acceptors (Lipinski definition) is 11. The lowest BCUT2D eigenvalue weighted by Gasteiger charge is -2.30. The predicted molar refractivity (Wildman–Crippen MR) is 255 cm³/mol. The molecule has 3 fully saturated rings. The molecule has 3 heterocycles. The number of benzene rings is 2. The van der Waals surface area contributed by atoms with Gasteiger partial charge in [-0.25, -0.2) is 18.2 Å². The molecule has 1 aromatic heterocycles. The third-order valence-electron chi connectivity index (χ3n) is 14.1. The summed E-state index contributed by atoms with van der Waals surface area (Å²) in [6, 6.07) is 8.25. The van der Waals surface area contributed by atoms with Gasteiger partial charge in [0.25, 0.3) is 5.91 Å². The molecule has 3 aromatic rings. The van der Waals surface area contributed by atoms with Gasteiger partial charge in [0.15, 0.2) is 0 Å². The van der Waals surface area contributed by atoms with Crippen LogP contribution in [-0.4, -0.2) is 89.2 Å². The van der Waals surface area contributed by atoms with E-state index in [-0.39, 0.29) is 36.8 Å². The number of nitrogens with zero attached hydrogens (tertiary/aromatic N) is 2. The summed E-state index contributed by atoms with van der Waals surface area (Å²) in [5.74, 6) is -1.75. The van der Waals surface area contributed by atoms with Crippen molar-refractivity contribution >= 4 is 62.1 Å². The molecule has 14 nitrogen and oxygen atoms in total. The number of allylic oxidation sites excluding steroid dienone is 4. The van der Waals surface area contributed by atoms with Crippen LogP contribution >= 0.6 is 11.3 Å². The van der Waals surface area contributed by atoms with E-state index in [2.05, 4.69) is 41.5 Å². The Bertz CT molecular complexity index is 2630. The molecule has 3 aliphatic carbocycles. The van der Waals surface area contributed by atoms with Gasteiger partial charge in [-0.1, -0.05) is 50.5 Å². The number of aromatic nitrogens is 1. The number of amides is 3. The second-order valence-corrected chi connectivity index (χ2v) is 22.2. The SMILES string of the molecule is COc1ccc2c(c1C)CCC(C)=C(c1nc(C(C)C)cs1)C=C2OC1CC2C(=O)NC3(C(=O)NS(=O)(=O)C4(C)CC4)CC3C=CCCCCCC(Nc3cccc(C(=O)O)c3)C(=O)N2C1. The number of sulfonamides is 1. The Kier molecular flexibility index (Phi) is 13.3. The van der Waals surface area contributed by atoms with E-state index in [1.165, 1.54) is 17.0 Å². The summed E-state index contributed by atoms with van der Waals surface area (Å²) in [6.07, 6.45) is 11.2. The molecule has 0 bridgehead atoms. The van der Waals surface area contributed by atoms with Crippen LogP contribution in [0.4, 0.5) is 5.69 Å². The van der Waals surface area contributed by atoms with Crippen molar-refractivity contribution in [3.05, 3.63) is 98.5 Å². The first-order chi connectivity index (χ1) is 31.4. The summed E-state index contributed by atoms with van der Waals surface area (Å²) in [7, 11) is -2.37. The number of nitrogens with one attached hydrogen (secondary N) is 3. The maximum atomic E-state index is 15.1. The topological polar surface area (TPSA) is 193 Å². The third kappa shape index (κ3) is 9.53. The Morgan fingerprint density at radius 2 is 1.86 bits per heavy atom.